The molecule has 2 N–H and O–H groups in total. The van der Waals surface area contributed by atoms with Crippen LogP contribution >= 0.6 is 11.3 Å². The van der Waals surface area contributed by atoms with E-state index in [9.17, 15) is 13.2 Å². The van der Waals surface area contributed by atoms with Crippen LogP contribution in [0.2, 0.25) is 0 Å². The van der Waals surface area contributed by atoms with Crippen molar-refractivity contribution in [1.29, 1.82) is 0 Å². The molecular formula is C23H21N3O3S2. The van der Waals surface area contributed by atoms with Gasteiger partial charge in [-0.2, -0.15) is 0 Å². The van der Waals surface area contributed by atoms with Crippen molar-refractivity contribution >= 4 is 48.3 Å². The number of nitrogens with zero attached hydrogens (tertiary/aromatic N) is 1. The van der Waals surface area contributed by atoms with E-state index < -0.39 is 10.0 Å². The normalized spacial score (nSPS) is 11.5. The summed E-state index contributed by atoms with van der Waals surface area (Å²) in [6.07, 6.45) is 0. The molecule has 0 aliphatic rings. The molecule has 1 heterocycles. The maximum absolute atomic E-state index is 12.8. The van der Waals surface area contributed by atoms with Crippen molar-refractivity contribution in [2.45, 2.75) is 25.7 Å². The molecule has 0 unspecified atom stereocenters. The Bertz CT molecular complexity index is 1390. The highest BCUT2D eigenvalue weighted by atomic mass is 32.2. The van der Waals surface area contributed by atoms with Crippen LogP contribution in [0.25, 0.3) is 10.2 Å². The van der Waals surface area contributed by atoms with Gasteiger partial charge in [0.15, 0.2) is 5.13 Å². The number of amides is 1. The Hall–Kier alpha value is -3.23. The van der Waals surface area contributed by atoms with Crippen molar-refractivity contribution in [2.24, 2.45) is 0 Å². The highest BCUT2D eigenvalue weighted by Crippen LogP contribution is 2.29. The quantitative estimate of drug-likeness (QED) is 0.432. The molecule has 0 fully saturated rings. The van der Waals surface area contributed by atoms with E-state index in [2.05, 4.69) is 15.0 Å². The average molecular weight is 452 g/mol. The van der Waals surface area contributed by atoms with Crippen LogP contribution in [0.1, 0.15) is 27.0 Å². The molecule has 0 spiro atoms. The monoisotopic (exact) mass is 451 g/mol. The highest BCUT2D eigenvalue weighted by Gasteiger charge is 2.18. The third kappa shape index (κ3) is 4.60. The molecule has 0 saturated heterocycles. The predicted octanol–water partition coefficient (Wildman–Crippen LogP) is 5.27. The van der Waals surface area contributed by atoms with Gasteiger partial charge in [-0.1, -0.05) is 46.7 Å². The van der Waals surface area contributed by atoms with Crippen molar-refractivity contribution in [3.05, 3.63) is 82.9 Å². The lowest BCUT2D eigenvalue weighted by molar-refractivity contribution is 0.102. The summed E-state index contributed by atoms with van der Waals surface area (Å²) in [7, 11) is -3.73. The second kappa shape index (κ2) is 8.13. The summed E-state index contributed by atoms with van der Waals surface area (Å²) >= 11 is 1.33. The van der Waals surface area contributed by atoms with Gasteiger partial charge in [-0.15, -0.1) is 0 Å². The summed E-state index contributed by atoms with van der Waals surface area (Å²) in [4.78, 5) is 17.1. The lowest BCUT2D eigenvalue weighted by Crippen LogP contribution is -2.14. The Kier molecular flexibility index (Phi) is 5.51. The molecule has 1 amide bonds. The fourth-order valence-corrected chi connectivity index (χ4v) is 5.35. The molecule has 0 bridgehead atoms. The van der Waals surface area contributed by atoms with Crippen LogP contribution in [-0.4, -0.2) is 19.3 Å². The van der Waals surface area contributed by atoms with E-state index in [0.29, 0.717) is 27.5 Å². The van der Waals surface area contributed by atoms with E-state index in [1.165, 1.54) is 11.3 Å². The van der Waals surface area contributed by atoms with Crippen molar-refractivity contribution in [3.8, 4) is 0 Å². The van der Waals surface area contributed by atoms with Gasteiger partial charge in [0.2, 0.25) is 0 Å². The van der Waals surface area contributed by atoms with Crippen molar-refractivity contribution < 1.29 is 13.2 Å². The molecule has 3 aromatic carbocycles. The molecule has 4 aromatic rings. The van der Waals surface area contributed by atoms with Crippen molar-refractivity contribution in [1.82, 2.24) is 4.98 Å². The molecule has 0 radical (unpaired) electrons. The fourth-order valence-electron chi connectivity index (χ4n) is 3.23. The Labute approximate surface area is 185 Å². The van der Waals surface area contributed by atoms with Crippen LogP contribution in [-0.2, 0) is 10.0 Å². The average Bonchev–Trinajstić information content (AvgIpc) is 3.09. The van der Waals surface area contributed by atoms with Crippen LogP contribution in [0, 0.1) is 20.8 Å². The Balaban J connectivity index is 1.56. The van der Waals surface area contributed by atoms with Crippen molar-refractivity contribution in [2.75, 3.05) is 10.0 Å². The maximum atomic E-state index is 12.8. The first-order valence-electron chi connectivity index (χ1n) is 9.60. The zero-order valence-corrected chi connectivity index (χ0v) is 18.9. The smallest absolute Gasteiger partial charge is 0.262 e. The molecule has 158 valence electrons. The topological polar surface area (TPSA) is 88.2 Å². The predicted molar refractivity (Wildman–Crippen MR) is 125 cm³/mol. The summed E-state index contributed by atoms with van der Waals surface area (Å²) < 4.78 is 29.1. The Morgan fingerprint density at radius 2 is 1.61 bits per heavy atom. The van der Waals surface area contributed by atoms with E-state index >= 15 is 0 Å². The van der Waals surface area contributed by atoms with Gasteiger partial charge in [-0.25, -0.2) is 13.4 Å². The second-order valence-electron chi connectivity index (χ2n) is 7.40. The number of hydrogen-bond donors (Lipinski definition) is 2. The van der Waals surface area contributed by atoms with E-state index in [4.69, 9.17) is 0 Å². The summed E-state index contributed by atoms with van der Waals surface area (Å²) in [6, 6.07) is 17.6. The first-order valence-corrected chi connectivity index (χ1v) is 11.9. The number of carbonyl (C=O) groups is 1. The van der Waals surface area contributed by atoms with E-state index in [-0.39, 0.29) is 10.8 Å². The molecular weight excluding hydrogens is 430 g/mol. The summed E-state index contributed by atoms with van der Waals surface area (Å²) in [6.45, 7) is 5.65. The number of sulfonamides is 1. The van der Waals surface area contributed by atoms with Gasteiger partial charge in [0.05, 0.1) is 20.8 Å². The number of nitrogens with one attached hydrogen (secondary N) is 2. The van der Waals surface area contributed by atoms with Gasteiger partial charge in [-0.05, 0) is 62.7 Å². The van der Waals surface area contributed by atoms with Gasteiger partial charge >= 0.3 is 0 Å². The third-order valence-corrected chi connectivity index (χ3v) is 7.29. The van der Waals surface area contributed by atoms with Crippen LogP contribution in [0.15, 0.2) is 65.6 Å². The number of anilines is 2. The summed E-state index contributed by atoms with van der Waals surface area (Å²) in [5.74, 6) is -0.241. The maximum Gasteiger partial charge on any atom is 0.262 e. The van der Waals surface area contributed by atoms with Gasteiger partial charge in [0.25, 0.3) is 15.9 Å². The van der Waals surface area contributed by atoms with Crippen LogP contribution in [0.3, 0.4) is 0 Å². The van der Waals surface area contributed by atoms with Gasteiger partial charge in [0.1, 0.15) is 0 Å². The molecule has 0 saturated carbocycles. The molecule has 0 aliphatic carbocycles. The molecule has 31 heavy (non-hydrogen) atoms. The summed E-state index contributed by atoms with van der Waals surface area (Å²) in [5.41, 5.74) is 4.32. The number of carbonyl (C=O) groups excluding carboxylic acids is 1. The minimum atomic E-state index is -3.73. The first-order chi connectivity index (χ1) is 14.7. The zero-order chi connectivity index (χ0) is 22.2. The van der Waals surface area contributed by atoms with Gasteiger partial charge in [-0.3, -0.25) is 14.8 Å². The number of aromatic nitrogens is 1. The van der Waals surface area contributed by atoms with Crippen molar-refractivity contribution in [3.63, 3.8) is 0 Å². The number of fused-ring (bicyclic) bond motifs is 1. The molecule has 0 atom stereocenters. The molecule has 1 aromatic heterocycles. The number of benzene rings is 3. The lowest BCUT2D eigenvalue weighted by atomic mass is 10.1. The van der Waals surface area contributed by atoms with E-state index in [1.54, 1.807) is 49.4 Å². The number of thiazole rings is 1. The van der Waals surface area contributed by atoms with Gasteiger partial charge in [0, 0.05) is 5.56 Å². The first kappa shape index (κ1) is 21.0. The van der Waals surface area contributed by atoms with Crippen LogP contribution < -0.4 is 10.0 Å². The van der Waals surface area contributed by atoms with Gasteiger partial charge < -0.3 is 0 Å². The third-order valence-electron chi connectivity index (χ3n) is 4.79. The summed E-state index contributed by atoms with van der Waals surface area (Å²) in [5, 5.41) is 3.26. The number of rotatable bonds is 5. The zero-order valence-electron chi connectivity index (χ0n) is 17.3. The second-order valence-corrected chi connectivity index (χ2v) is 10.1. The minimum absolute atomic E-state index is 0.238. The highest BCUT2D eigenvalue weighted by molar-refractivity contribution is 7.92. The largest absolute Gasteiger partial charge is 0.298 e. The molecule has 4 rings (SSSR count). The van der Waals surface area contributed by atoms with E-state index in [1.807, 2.05) is 32.0 Å². The number of hydrogen-bond acceptors (Lipinski definition) is 5. The molecule has 6 nitrogen and oxygen atoms in total. The van der Waals surface area contributed by atoms with Crippen LogP contribution in [0.5, 0.6) is 0 Å². The SMILES string of the molecule is Cc1ccc(C(=O)Nc2nc3cc(NS(=O)(=O)c4ccc(C)cc4C)ccc3s2)cc1. The van der Waals surface area contributed by atoms with E-state index in [0.717, 1.165) is 15.8 Å². The Morgan fingerprint density at radius 1 is 0.903 bits per heavy atom. The molecule has 0 aliphatic heterocycles. The van der Waals surface area contributed by atoms with Crippen LogP contribution in [0.4, 0.5) is 10.8 Å². The minimum Gasteiger partial charge on any atom is -0.298 e. The standard InChI is InChI=1S/C23H21N3O3S2/c1-14-4-7-17(8-5-14)22(27)25-23-24-19-13-18(9-10-20(19)30-23)26-31(28,29)21-11-6-15(2)12-16(21)3/h4-13,26H,1-3H3,(H,24,25,27). The molecule has 8 heteroatoms. The lowest BCUT2D eigenvalue weighted by Gasteiger charge is -2.11. The number of aryl methyl sites for hydroxylation is 3. The Morgan fingerprint density at radius 3 is 2.32 bits per heavy atom. The fraction of sp³-hybridized carbons (Fsp3) is 0.130.